The Morgan fingerprint density at radius 1 is 1.09 bits per heavy atom. The molecule has 2 aromatic carbocycles. The number of likely N-dealkylation sites (tertiary alicyclic amines) is 1. The predicted octanol–water partition coefficient (Wildman–Crippen LogP) is 3.31. The third-order valence-corrected chi connectivity index (χ3v) is 7.81. The highest BCUT2D eigenvalue weighted by atomic mass is 35.5. The molecule has 3 rings (SSSR count). The van der Waals surface area contributed by atoms with Crippen LogP contribution in [0.25, 0.3) is 5.76 Å². The number of aliphatic hydroxyl groups is 1. The van der Waals surface area contributed by atoms with Crippen molar-refractivity contribution < 1.29 is 27.9 Å². The van der Waals surface area contributed by atoms with Gasteiger partial charge in [-0.2, -0.15) is 0 Å². The highest BCUT2D eigenvalue weighted by Crippen LogP contribution is 2.40. The van der Waals surface area contributed by atoms with Gasteiger partial charge >= 0.3 is 0 Å². The van der Waals surface area contributed by atoms with Crippen molar-refractivity contribution in [2.75, 3.05) is 34.4 Å². The van der Waals surface area contributed by atoms with E-state index >= 15 is 0 Å². The van der Waals surface area contributed by atoms with Gasteiger partial charge in [-0.05, 0) is 42.0 Å². The van der Waals surface area contributed by atoms with Crippen molar-refractivity contribution in [2.24, 2.45) is 0 Å². The Morgan fingerprint density at radius 3 is 2.27 bits per heavy atom. The Kier molecular flexibility index (Phi) is 7.50. The van der Waals surface area contributed by atoms with E-state index in [4.69, 9.17) is 27.9 Å². The molecule has 0 saturated carbocycles. The number of nitrogens with zero attached hydrogens (tertiary/aromatic N) is 2. The molecule has 1 atom stereocenters. The van der Waals surface area contributed by atoms with E-state index < -0.39 is 33.5 Å². The molecular formula is C22H22Cl2N2O6S. The molecule has 0 bridgehead atoms. The van der Waals surface area contributed by atoms with Gasteiger partial charge in [-0.1, -0.05) is 29.3 Å². The number of aliphatic hydroxyl groups excluding tert-OH is 1. The first-order chi connectivity index (χ1) is 15.5. The van der Waals surface area contributed by atoms with Crippen LogP contribution < -0.4 is 0 Å². The van der Waals surface area contributed by atoms with Crippen molar-refractivity contribution in [3.8, 4) is 0 Å². The molecule has 1 heterocycles. The molecule has 11 heteroatoms. The number of ether oxygens (including phenoxy) is 1. The van der Waals surface area contributed by atoms with Crippen LogP contribution in [0.3, 0.4) is 0 Å². The number of halogens is 2. The van der Waals surface area contributed by atoms with E-state index in [1.165, 1.54) is 62.5 Å². The van der Waals surface area contributed by atoms with E-state index in [1.54, 1.807) is 6.07 Å². The summed E-state index contributed by atoms with van der Waals surface area (Å²) in [6.07, 6.45) is 0. The second-order valence-electron chi connectivity index (χ2n) is 7.47. The summed E-state index contributed by atoms with van der Waals surface area (Å²) in [5.74, 6) is -2.10. The molecule has 1 saturated heterocycles. The van der Waals surface area contributed by atoms with Crippen molar-refractivity contribution >= 4 is 50.7 Å². The lowest BCUT2D eigenvalue weighted by atomic mass is 9.95. The van der Waals surface area contributed by atoms with E-state index in [-0.39, 0.29) is 34.2 Å². The maximum atomic E-state index is 12.9. The first-order valence-electron chi connectivity index (χ1n) is 9.76. The first kappa shape index (κ1) is 25.2. The van der Waals surface area contributed by atoms with Gasteiger partial charge in [0.15, 0.2) is 0 Å². The van der Waals surface area contributed by atoms with Crippen molar-refractivity contribution in [1.82, 2.24) is 9.21 Å². The van der Waals surface area contributed by atoms with Gasteiger partial charge in [-0.3, -0.25) is 9.59 Å². The molecule has 1 amide bonds. The predicted molar refractivity (Wildman–Crippen MR) is 125 cm³/mol. The average molecular weight is 513 g/mol. The van der Waals surface area contributed by atoms with Crippen LogP contribution in [0.1, 0.15) is 17.2 Å². The fourth-order valence-electron chi connectivity index (χ4n) is 3.48. The summed E-state index contributed by atoms with van der Waals surface area (Å²) in [7, 11) is 0.601. The van der Waals surface area contributed by atoms with Crippen LogP contribution in [0.2, 0.25) is 10.0 Å². The van der Waals surface area contributed by atoms with Crippen molar-refractivity contribution in [3.63, 3.8) is 0 Å². The number of benzene rings is 2. The maximum absolute atomic E-state index is 12.9. The van der Waals surface area contributed by atoms with Crippen LogP contribution in [0.5, 0.6) is 0 Å². The summed E-state index contributed by atoms with van der Waals surface area (Å²) in [6, 6.07) is 9.14. The van der Waals surface area contributed by atoms with Crippen LogP contribution >= 0.6 is 23.2 Å². The molecule has 8 nitrogen and oxygen atoms in total. The van der Waals surface area contributed by atoms with Gasteiger partial charge in [0.1, 0.15) is 5.76 Å². The summed E-state index contributed by atoms with van der Waals surface area (Å²) < 4.78 is 30.8. The van der Waals surface area contributed by atoms with Crippen LogP contribution in [-0.4, -0.2) is 68.8 Å². The summed E-state index contributed by atoms with van der Waals surface area (Å²) in [4.78, 5) is 27.0. The lowest BCUT2D eigenvalue weighted by molar-refractivity contribution is -0.140. The topological polar surface area (TPSA) is 104 Å². The molecule has 0 radical (unpaired) electrons. The van der Waals surface area contributed by atoms with Crippen molar-refractivity contribution in [2.45, 2.75) is 10.9 Å². The van der Waals surface area contributed by atoms with Gasteiger partial charge in [0.05, 0.1) is 33.2 Å². The highest BCUT2D eigenvalue weighted by molar-refractivity contribution is 7.89. The van der Waals surface area contributed by atoms with E-state index in [1.807, 2.05) is 0 Å². The summed E-state index contributed by atoms with van der Waals surface area (Å²) in [5.41, 5.74) is 0.522. The zero-order valence-corrected chi connectivity index (χ0v) is 20.4. The number of ketones is 1. The molecule has 1 N–H and O–H groups in total. The minimum absolute atomic E-state index is 0.0191. The van der Waals surface area contributed by atoms with E-state index in [0.29, 0.717) is 10.6 Å². The Balaban J connectivity index is 2.14. The van der Waals surface area contributed by atoms with Crippen LogP contribution in [0.4, 0.5) is 0 Å². The quantitative estimate of drug-likeness (QED) is 0.346. The number of methoxy groups -OCH3 is 1. The average Bonchev–Trinajstić information content (AvgIpc) is 3.03. The molecule has 0 aliphatic carbocycles. The lowest BCUT2D eigenvalue weighted by Crippen LogP contribution is -2.32. The second-order valence-corrected chi connectivity index (χ2v) is 10.4. The first-order valence-corrected chi connectivity index (χ1v) is 12.0. The van der Waals surface area contributed by atoms with Gasteiger partial charge < -0.3 is 14.7 Å². The van der Waals surface area contributed by atoms with Crippen LogP contribution in [-0.2, 0) is 24.3 Å². The Bertz CT molecular complexity index is 1230. The third-order valence-electron chi connectivity index (χ3n) is 5.24. The zero-order valence-electron chi connectivity index (χ0n) is 18.1. The zero-order chi connectivity index (χ0) is 24.5. The smallest absolute Gasteiger partial charge is 0.295 e. The van der Waals surface area contributed by atoms with Crippen molar-refractivity contribution in [3.05, 3.63) is 69.2 Å². The summed E-state index contributed by atoms with van der Waals surface area (Å²) in [5, 5.41) is 11.6. The Morgan fingerprint density at radius 2 is 1.73 bits per heavy atom. The normalized spacial score (nSPS) is 18.4. The number of carbonyl (C=O) groups is 2. The van der Waals surface area contributed by atoms with Crippen molar-refractivity contribution in [1.29, 1.82) is 0 Å². The molecule has 0 unspecified atom stereocenters. The number of Topliss-reactive ketones (excluding diaryl/α,β-unsaturated/α-hetero) is 1. The largest absolute Gasteiger partial charge is 0.507 e. The van der Waals surface area contributed by atoms with Gasteiger partial charge in [0, 0.05) is 33.3 Å². The lowest BCUT2D eigenvalue weighted by Gasteiger charge is -2.25. The minimum atomic E-state index is -3.67. The summed E-state index contributed by atoms with van der Waals surface area (Å²) >= 11 is 12.2. The molecule has 2 aromatic rings. The standard InChI is InChI=1S/C22H22Cl2N2O6S/c1-25(2)33(30,31)15-7-4-13(5-8-15)20(27)18-19(14-6-9-16(23)17(24)12-14)26(10-11-32-3)22(29)21(18)28/h4-9,12,19,27H,10-11H2,1-3H3/t19-/m1/s1. The SMILES string of the molecule is COCCN1C(=O)C(=O)C(=C(O)c2ccc(S(=O)(=O)N(C)C)cc2)[C@H]1c1ccc(Cl)c(Cl)c1. The Hall–Kier alpha value is -2.43. The van der Waals surface area contributed by atoms with Crippen LogP contribution in [0, 0.1) is 0 Å². The monoisotopic (exact) mass is 512 g/mol. The third kappa shape index (κ3) is 4.78. The summed E-state index contributed by atoms with van der Waals surface area (Å²) in [6.45, 7) is 0.269. The minimum Gasteiger partial charge on any atom is -0.507 e. The molecule has 0 aromatic heterocycles. The number of rotatable bonds is 7. The van der Waals surface area contributed by atoms with E-state index in [9.17, 15) is 23.1 Å². The van der Waals surface area contributed by atoms with Gasteiger partial charge in [0.25, 0.3) is 11.7 Å². The highest BCUT2D eigenvalue weighted by Gasteiger charge is 2.46. The molecule has 1 aliphatic heterocycles. The molecular weight excluding hydrogens is 491 g/mol. The fourth-order valence-corrected chi connectivity index (χ4v) is 4.69. The maximum Gasteiger partial charge on any atom is 0.295 e. The molecule has 1 fully saturated rings. The molecule has 33 heavy (non-hydrogen) atoms. The second kappa shape index (κ2) is 9.82. The van der Waals surface area contributed by atoms with Gasteiger partial charge in [-0.25, -0.2) is 12.7 Å². The van der Waals surface area contributed by atoms with Gasteiger partial charge in [0.2, 0.25) is 10.0 Å². The van der Waals surface area contributed by atoms with Crippen LogP contribution in [0.15, 0.2) is 52.9 Å². The number of hydrogen-bond donors (Lipinski definition) is 1. The Labute approximate surface area is 202 Å². The van der Waals surface area contributed by atoms with E-state index in [2.05, 4.69) is 0 Å². The number of carbonyl (C=O) groups excluding carboxylic acids is 2. The molecule has 1 aliphatic rings. The van der Waals surface area contributed by atoms with Gasteiger partial charge in [-0.15, -0.1) is 0 Å². The number of hydrogen-bond acceptors (Lipinski definition) is 6. The number of amides is 1. The number of sulfonamides is 1. The fraction of sp³-hybridized carbons (Fsp3) is 0.273. The van der Waals surface area contributed by atoms with E-state index in [0.717, 1.165) is 4.31 Å². The molecule has 0 spiro atoms. The molecule has 176 valence electrons.